The highest BCUT2D eigenvalue weighted by atomic mass is 79.9. The van der Waals surface area contributed by atoms with Crippen molar-refractivity contribution in [3.8, 4) is 0 Å². The zero-order valence-corrected chi connectivity index (χ0v) is 21.3. The lowest BCUT2D eigenvalue weighted by molar-refractivity contribution is 0.351. The van der Waals surface area contributed by atoms with Gasteiger partial charge in [-0.2, -0.15) is 5.10 Å². The zero-order chi connectivity index (χ0) is 21.9. The molecule has 0 spiro atoms. The Morgan fingerprint density at radius 1 is 0.844 bits per heavy atom. The number of nitrogens with one attached hydrogen (secondary N) is 2. The van der Waals surface area contributed by atoms with Crippen LogP contribution < -0.4 is 21.2 Å². The van der Waals surface area contributed by atoms with Crippen LogP contribution in [0.5, 0.6) is 0 Å². The topological polar surface area (TPSA) is 54.2 Å². The van der Waals surface area contributed by atoms with Gasteiger partial charge in [-0.1, -0.05) is 37.9 Å². The van der Waals surface area contributed by atoms with Crippen molar-refractivity contribution in [1.82, 2.24) is 20.4 Å². The van der Waals surface area contributed by atoms with Crippen molar-refractivity contribution in [3.05, 3.63) is 62.1 Å². The van der Waals surface area contributed by atoms with Crippen molar-refractivity contribution < 1.29 is 0 Å². The third kappa shape index (κ3) is 5.01. The maximum atomic E-state index is 4.81. The standard InChI is InChI=1S/C13H15BrN2.C12H14BrN3/c14-11-1-2-12-10(7-11)8-13(16-12)9-3-5-15-6-4-9;13-10-1-2-12-9(7-10)8-15-16(12)11-3-5-14-6-4-11/h1-2,7-9,13,15H,3-6H2;1-2,7-8,11,14H,3-6H2. The molecule has 3 aliphatic heterocycles. The molecule has 168 valence electrons. The number of rotatable bonds is 2. The van der Waals surface area contributed by atoms with Crippen molar-refractivity contribution in [2.24, 2.45) is 10.9 Å². The quantitative estimate of drug-likeness (QED) is 0.500. The third-order valence-electron chi connectivity index (χ3n) is 6.71. The first kappa shape index (κ1) is 22.3. The predicted octanol–water partition coefficient (Wildman–Crippen LogP) is 3.95. The number of halogens is 2. The van der Waals surface area contributed by atoms with Gasteiger partial charge in [-0.05, 0) is 99.4 Å². The Kier molecular flexibility index (Phi) is 7.07. The lowest BCUT2D eigenvalue weighted by Crippen LogP contribution is -2.32. The van der Waals surface area contributed by atoms with E-state index in [-0.39, 0.29) is 0 Å². The van der Waals surface area contributed by atoms with Crippen LogP contribution in [0.2, 0.25) is 0 Å². The molecule has 0 amide bonds. The van der Waals surface area contributed by atoms with E-state index >= 15 is 0 Å². The first-order valence-electron chi connectivity index (χ1n) is 11.6. The number of piperidine rings is 2. The van der Waals surface area contributed by atoms with Gasteiger partial charge in [-0.15, -0.1) is 0 Å². The third-order valence-corrected chi connectivity index (χ3v) is 7.69. The summed E-state index contributed by atoms with van der Waals surface area (Å²) in [6, 6.07) is 13.7. The fourth-order valence-corrected chi connectivity index (χ4v) is 5.71. The van der Waals surface area contributed by atoms with Gasteiger partial charge in [-0.3, -0.25) is 9.67 Å². The van der Waals surface area contributed by atoms with Crippen LogP contribution >= 0.6 is 31.9 Å². The molecular weight excluding hydrogens is 530 g/mol. The van der Waals surface area contributed by atoms with Crippen molar-refractivity contribution in [2.45, 2.75) is 37.8 Å². The minimum absolute atomic E-state index is 0.409. The number of benzene rings is 2. The van der Waals surface area contributed by atoms with Crippen LogP contribution in [-0.4, -0.2) is 42.0 Å². The molecule has 6 rings (SSSR count). The number of fused-ring (bicyclic) bond motifs is 2. The van der Waals surface area contributed by atoms with Crippen LogP contribution in [0.3, 0.4) is 0 Å². The van der Waals surface area contributed by atoms with Crippen molar-refractivity contribution >= 4 is 48.8 Å². The van der Waals surface area contributed by atoms with E-state index in [9.17, 15) is 0 Å². The highest BCUT2D eigenvalue weighted by molar-refractivity contribution is 9.10. The van der Waals surface area contributed by atoms with Crippen LogP contribution in [0.4, 0.5) is 0 Å². The summed E-state index contributed by atoms with van der Waals surface area (Å²) >= 11 is 7.00. The second-order valence-corrected chi connectivity index (χ2v) is 10.7. The molecule has 1 unspecified atom stereocenters. The lowest BCUT2D eigenvalue weighted by atomic mass is 9.91. The largest absolute Gasteiger partial charge is 0.317 e. The van der Waals surface area contributed by atoms with Crippen LogP contribution in [0.1, 0.15) is 31.7 Å². The number of hydrogen-bond acceptors (Lipinski definition) is 4. The molecular formula is C25H29Br2N5. The molecule has 2 fully saturated rings. The number of nitrogens with zero attached hydrogens (tertiary/aromatic N) is 3. The first-order chi connectivity index (χ1) is 15.7. The summed E-state index contributed by atoms with van der Waals surface area (Å²) < 4.78 is 4.44. The summed E-state index contributed by atoms with van der Waals surface area (Å²) in [6.45, 7) is 4.49. The molecule has 2 aromatic carbocycles. The van der Waals surface area contributed by atoms with Crippen molar-refractivity contribution in [3.63, 3.8) is 0 Å². The highest BCUT2D eigenvalue weighted by Gasteiger charge is 2.23. The SMILES string of the molecule is Brc1ccc2c(c1)=CC(C1CCNCC1)N=2.Brc1ccc2c(cnn2C2CCNCC2)c1. The molecule has 7 heteroatoms. The molecule has 3 aromatic rings. The fourth-order valence-electron chi connectivity index (χ4n) is 4.95. The molecule has 0 aliphatic carbocycles. The van der Waals surface area contributed by atoms with E-state index in [1.54, 1.807) is 0 Å². The maximum Gasteiger partial charge on any atom is 0.0725 e. The lowest BCUT2D eigenvalue weighted by Gasteiger charge is -2.25. The predicted molar refractivity (Wildman–Crippen MR) is 137 cm³/mol. The minimum atomic E-state index is 0.409. The van der Waals surface area contributed by atoms with Crippen LogP contribution in [0.25, 0.3) is 17.0 Å². The van der Waals surface area contributed by atoms with Gasteiger partial charge in [0, 0.05) is 14.3 Å². The molecule has 2 N–H and O–H groups in total. The second-order valence-electron chi connectivity index (χ2n) is 8.85. The average molecular weight is 559 g/mol. The summed E-state index contributed by atoms with van der Waals surface area (Å²) in [5.41, 5.74) is 1.25. The minimum Gasteiger partial charge on any atom is -0.317 e. The Labute approximate surface area is 205 Å². The Hall–Kier alpha value is -1.54. The summed E-state index contributed by atoms with van der Waals surface area (Å²) in [7, 11) is 0. The van der Waals surface area contributed by atoms with Crippen LogP contribution in [0.15, 0.2) is 56.5 Å². The Morgan fingerprint density at radius 2 is 1.53 bits per heavy atom. The first-order valence-corrected chi connectivity index (χ1v) is 13.2. The van der Waals surface area contributed by atoms with E-state index in [0.717, 1.165) is 46.4 Å². The van der Waals surface area contributed by atoms with Crippen molar-refractivity contribution in [2.75, 3.05) is 26.2 Å². The van der Waals surface area contributed by atoms with Gasteiger partial charge < -0.3 is 10.6 Å². The molecule has 1 aromatic heterocycles. The molecule has 4 heterocycles. The van der Waals surface area contributed by atoms with Gasteiger partial charge in [-0.25, -0.2) is 0 Å². The van der Waals surface area contributed by atoms with Gasteiger partial charge >= 0.3 is 0 Å². The van der Waals surface area contributed by atoms with E-state index in [0.29, 0.717) is 12.1 Å². The van der Waals surface area contributed by atoms with Crippen LogP contribution in [0, 0.1) is 5.92 Å². The maximum absolute atomic E-state index is 4.81. The average Bonchev–Trinajstić information content (AvgIpc) is 3.44. The Bertz CT molecular complexity index is 1190. The van der Waals surface area contributed by atoms with E-state index in [2.05, 4.69) is 94.7 Å². The van der Waals surface area contributed by atoms with E-state index < -0.39 is 0 Å². The van der Waals surface area contributed by atoms with Gasteiger partial charge in [0.05, 0.1) is 29.2 Å². The molecule has 0 saturated carbocycles. The van der Waals surface area contributed by atoms with Crippen molar-refractivity contribution in [1.29, 1.82) is 0 Å². The van der Waals surface area contributed by atoms with Gasteiger partial charge in [0.2, 0.25) is 0 Å². The normalized spacial score (nSPS) is 21.4. The molecule has 2 saturated heterocycles. The molecule has 0 radical (unpaired) electrons. The van der Waals surface area contributed by atoms with Crippen LogP contribution in [-0.2, 0) is 0 Å². The number of aromatic nitrogens is 2. The van der Waals surface area contributed by atoms with Gasteiger partial charge in [0.1, 0.15) is 0 Å². The zero-order valence-electron chi connectivity index (χ0n) is 18.1. The monoisotopic (exact) mass is 557 g/mol. The van der Waals surface area contributed by atoms with E-state index in [1.165, 1.54) is 41.8 Å². The Morgan fingerprint density at radius 3 is 2.31 bits per heavy atom. The summed E-state index contributed by atoms with van der Waals surface area (Å²) in [6.07, 6.45) is 9.14. The summed E-state index contributed by atoms with van der Waals surface area (Å²) in [4.78, 5) is 4.81. The van der Waals surface area contributed by atoms with Gasteiger partial charge in [0.15, 0.2) is 0 Å². The molecule has 32 heavy (non-hydrogen) atoms. The van der Waals surface area contributed by atoms with Gasteiger partial charge in [0.25, 0.3) is 0 Å². The van der Waals surface area contributed by atoms with E-state index in [4.69, 9.17) is 4.99 Å². The summed E-state index contributed by atoms with van der Waals surface area (Å²) in [5, 5.41) is 15.0. The molecule has 1 atom stereocenters. The Balaban J connectivity index is 0.000000135. The molecule has 0 bridgehead atoms. The molecule has 3 aliphatic rings. The smallest absolute Gasteiger partial charge is 0.0725 e. The highest BCUT2D eigenvalue weighted by Crippen LogP contribution is 2.26. The van der Waals surface area contributed by atoms with E-state index in [1.807, 2.05) is 6.20 Å². The number of hydrogen-bond donors (Lipinski definition) is 2. The molecule has 5 nitrogen and oxygen atoms in total. The summed E-state index contributed by atoms with van der Waals surface area (Å²) in [5.74, 6) is 0.729. The second kappa shape index (κ2) is 10.2. The fraction of sp³-hybridized carbons (Fsp3) is 0.440.